The predicted molar refractivity (Wildman–Crippen MR) is 240 cm³/mol. The average molecular weight is 914 g/mol. The van der Waals surface area contributed by atoms with Crippen LogP contribution in [-0.4, -0.2) is 100 Å². The van der Waals surface area contributed by atoms with Crippen molar-refractivity contribution in [1.29, 1.82) is 0 Å². The minimum Gasteiger partial charge on any atom is -0.369 e. The summed E-state index contributed by atoms with van der Waals surface area (Å²) in [6, 6.07) is 18.4. The molecule has 5 aromatic rings. The average Bonchev–Trinajstić information content (AvgIpc) is 3.85. The third kappa shape index (κ3) is 10.00. The molecule has 342 valence electrons. The Morgan fingerprint density at radius 1 is 0.892 bits per heavy atom. The molecule has 3 aromatic carbocycles. The minimum atomic E-state index is -4.79. The van der Waals surface area contributed by atoms with E-state index in [1.54, 1.807) is 42.5 Å². The highest BCUT2D eigenvalue weighted by molar-refractivity contribution is 7.90. The number of alkyl halides is 3. The van der Waals surface area contributed by atoms with Gasteiger partial charge in [0.25, 0.3) is 5.91 Å². The van der Waals surface area contributed by atoms with E-state index in [4.69, 9.17) is 0 Å². The van der Waals surface area contributed by atoms with Crippen molar-refractivity contribution in [2.75, 3.05) is 54.0 Å². The van der Waals surface area contributed by atoms with Crippen LogP contribution in [0.1, 0.15) is 79.8 Å². The second kappa shape index (κ2) is 19.0. The van der Waals surface area contributed by atoms with Crippen LogP contribution in [0.4, 0.5) is 36.2 Å². The van der Waals surface area contributed by atoms with Crippen LogP contribution in [0.2, 0.25) is 0 Å². The van der Waals surface area contributed by atoms with Gasteiger partial charge in [0.2, 0.25) is 33.7 Å². The number of para-hydroxylation sites is 1. The second-order valence-electron chi connectivity index (χ2n) is 16.5. The van der Waals surface area contributed by atoms with E-state index < -0.39 is 39.4 Å². The topological polar surface area (TPSA) is 179 Å². The molecule has 8 rings (SSSR count). The van der Waals surface area contributed by atoms with E-state index in [1.807, 2.05) is 24.3 Å². The van der Waals surface area contributed by atoms with Crippen molar-refractivity contribution in [3.05, 3.63) is 95.8 Å². The number of unbranched alkanes of at least 4 members (excludes halogenated alkanes) is 4. The fraction of sp³-hybridized carbons (Fsp3) is 0.391. The van der Waals surface area contributed by atoms with E-state index in [2.05, 4.69) is 35.7 Å². The maximum absolute atomic E-state index is 14.3. The molecule has 0 radical (unpaired) electrons. The Kier molecular flexibility index (Phi) is 13.2. The third-order valence-corrected chi connectivity index (χ3v) is 13.9. The number of rotatable bonds is 16. The molecule has 3 aliphatic rings. The number of carbonyl (C=O) groups excluding carboxylic acids is 4. The summed E-state index contributed by atoms with van der Waals surface area (Å²) in [5.74, 6) is -1.53. The van der Waals surface area contributed by atoms with E-state index in [1.165, 1.54) is 18.0 Å². The molecular formula is C46H50F3N9O6S. The summed E-state index contributed by atoms with van der Waals surface area (Å²) in [5.41, 5.74) is 2.07. The van der Waals surface area contributed by atoms with Crippen molar-refractivity contribution in [1.82, 2.24) is 29.1 Å². The lowest BCUT2D eigenvalue weighted by atomic mass is 10.0. The molecule has 19 heteroatoms. The van der Waals surface area contributed by atoms with Gasteiger partial charge in [0.1, 0.15) is 11.6 Å². The number of imide groups is 1. The number of amides is 4. The number of piperidine rings is 1. The lowest BCUT2D eigenvalue weighted by Gasteiger charge is -2.36. The van der Waals surface area contributed by atoms with Gasteiger partial charge in [0.05, 0.1) is 17.0 Å². The van der Waals surface area contributed by atoms with Crippen molar-refractivity contribution in [3.8, 4) is 11.3 Å². The Bertz CT molecular complexity index is 2720. The molecule has 1 unspecified atom stereocenters. The first-order valence-electron chi connectivity index (χ1n) is 21.9. The van der Waals surface area contributed by atoms with Crippen LogP contribution in [0.3, 0.4) is 0 Å². The Labute approximate surface area is 374 Å². The fourth-order valence-corrected chi connectivity index (χ4v) is 9.75. The van der Waals surface area contributed by atoms with Gasteiger partial charge >= 0.3 is 6.18 Å². The van der Waals surface area contributed by atoms with Gasteiger partial charge in [-0.25, -0.2) is 22.4 Å². The molecule has 0 aliphatic carbocycles. The van der Waals surface area contributed by atoms with Gasteiger partial charge in [-0.05, 0) is 75.2 Å². The summed E-state index contributed by atoms with van der Waals surface area (Å²) in [6.07, 6.45) is 2.70. The molecule has 0 spiro atoms. The number of hydrogen-bond acceptors (Lipinski definition) is 11. The summed E-state index contributed by atoms with van der Waals surface area (Å²) in [4.78, 5) is 64.4. The van der Waals surface area contributed by atoms with Crippen molar-refractivity contribution in [2.24, 2.45) is 0 Å². The Morgan fingerprint density at radius 2 is 1.63 bits per heavy atom. The van der Waals surface area contributed by atoms with E-state index in [9.17, 15) is 40.8 Å². The smallest absolute Gasteiger partial charge is 0.369 e. The van der Waals surface area contributed by atoms with Crippen molar-refractivity contribution in [2.45, 2.75) is 77.1 Å². The van der Waals surface area contributed by atoms with E-state index in [-0.39, 0.29) is 59.9 Å². The molecule has 65 heavy (non-hydrogen) atoms. The Balaban J connectivity index is 0.765. The van der Waals surface area contributed by atoms with Crippen LogP contribution < -0.4 is 20.9 Å². The summed E-state index contributed by atoms with van der Waals surface area (Å²) >= 11 is 0. The number of benzene rings is 3. The van der Waals surface area contributed by atoms with Gasteiger partial charge in [-0.1, -0.05) is 43.5 Å². The summed E-state index contributed by atoms with van der Waals surface area (Å²) in [5, 5.41) is 8.60. The van der Waals surface area contributed by atoms with E-state index >= 15 is 0 Å². The number of carbonyl (C=O) groups is 4. The minimum absolute atomic E-state index is 0.0283. The number of fused-ring (bicyclic) bond motifs is 2. The molecule has 2 saturated heterocycles. The molecule has 4 amide bonds. The molecule has 5 heterocycles. The molecular weight excluding hydrogens is 864 g/mol. The van der Waals surface area contributed by atoms with Gasteiger partial charge in [0.15, 0.2) is 0 Å². The highest BCUT2D eigenvalue weighted by Crippen LogP contribution is 2.40. The van der Waals surface area contributed by atoms with Crippen LogP contribution in [0, 0.1) is 0 Å². The standard InChI is InChI=1S/C46H50F3N9O6S/c1-2-65(63,64)58-29-35(32-11-7-8-14-38(32)58)42-36(46(47,48)49)27-50-45(54-42)51-30-16-18-31(19-17-30)56-25-23-55(24-26-56)22-9-5-3-4-6-15-40(59)52-37-13-10-12-33-34(37)28-57(44(33)62)39-20-21-41(60)53-43(39)61/h7-8,10-14,16-19,27,29,39H,2-6,9,15,20-26,28H2,1H3,(H,52,59)(H,50,51,54)(H,53,60,61). The second-order valence-corrected chi connectivity index (χ2v) is 18.6. The van der Waals surface area contributed by atoms with Crippen LogP contribution in [0.15, 0.2) is 79.1 Å². The van der Waals surface area contributed by atoms with E-state index in [0.717, 1.165) is 74.5 Å². The number of piperazine rings is 1. The molecule has 15 nitrogen and oxygen atoms in total. The zero-order valence-electron chi connectivity index (χ0n) is 35.9. The number of anilines is 4. The number of nitrogens with zero attached hydrogens (tertiary/aromatic N) is 6. The lowest BCUT2D eigenvalue weighted by molar-refractivity contribution is -0.138. The zero-order chi connectivity index (χ0) is 45.9. The Morgan fingerprint density at radius 3 is 2.37 bits per heavy atom. The summed E-state index contributed by atoms with van der Waals surface area (Å²) in [7, 11) is -3.82. The highest BCUT2D eigenvalue weighted by Gasteiger charge is 2.40. The van der Waals surface area contributed by atoms with Crippen LogP contribution >= 0.6 is 0 Å². The monoisotopic (exact) mass is 913 g/mol. The predicted octanol–water partition coefficient (Wildman–Crippen LogP) is 6.92. The number of halogens is 3. The molecule has 0 saturated carbocycles. The van der Waals surface area contributed by atoms with Gasteiger partial charge in [-0.2, -0.15) is 13.2 Å². The first-order valence-corrected chi connectivity index (χ1v) is 23.5. The molecule has 2 fully saturated rings. The summed E-state index contributed by atoms with van der Waals surface area (Å²) < 4.78 is 69.5. The molecule has 0 bridgehead atoms. The SMILES string of the molecule is CCS(=O)(=O)n1cc(-c2nc(Nc3ccc(N4CCN(CCCCCCCC(=O)Nc5cccc6c5CN(C5CCC(=O)NC5=O)C6=O)CC4)cc3)ncc2C(F)(F)F)c2ccccc21. The third-order valence-electron chi connectivity index (χ3n) is 12.3. The lowest BCUT2D eigenvalue weighted by Crippen LogP contribution is -2.52. The number of hydrogen-bond donors (Lipinski definition) is 3. The quantitative estimate of drug-likeness (QED) is 0.0692. The molecule has 2 aromatic heterocycles. The van der Waals surface area contributed by atoms with Gasteiger partial charge in [-0.3, -0.25) is 29.4 Å². The number of aromatic nitrogens is 3. The zero-order valence-corrected chi connectivity index (χ0v) is 36.7. The van der Waals surface area contributed by atoms with Crippen molar-refractivity contribution < 1.29 is 40.8 Å². The number of nitrogens with one attached hydrogen (secondary N) is 3. The van der Waals surface area contributed by atoms with E-state index in [0.29, 0.717) is 40.5 Å². The van der Waals surface area contributed by atoms with Crippen molar-refractivity contribution in [3.63, 3.8) is 0 Å². The van der Waals surface area contributed by atoms with Gasteiger partial charge < -0.3 is 20.4 Å². The van der Waals surface area contributed by atoms with Gasteiger partial charge in [0, 0.05) is 97.1 Å². The first kappa shape index (κ1) is 45.2. The normalized spacial score (nSPS) is 17.1. The Hall–Kier alpha value is -6.34. The first-order chi connectivity index (χ1) is 31.2. The van der Waals surface area contributed by atoms with Crippen LogP contribution in [-0.2, 0) is 37.1 Å². The largest absolute Gasteiger partial charge is 0.419 e. The van der Waals surface area contributed by atoms with Crippen LogP contribution in [0.25, 0.3) is 22.2 Å². The van der Waals surface area contributed by atoms with Crippen LogP contribution in [0.5, 0.6) is 0 Å². The van der Waals surface area contributed by atoms with Gasteiger partial charge in [-0.15, -0.1) is 0 Å². The summed E-state index contributed by atoms with van der Waals surface area (Å²) in [6.45, 7) is 6.12. The maximum atomic E-state index is 14.3. The molecule has 3 N–H and O–H groups in total. The maximum Gasteiger partial charge on any atom is 0.419 e. The highest BCUT2D eigenvalue weighted by atomic mass is 32.2. The molecule has 1 atom stereocenters. The van der Waals surface area contributed by atoms with Crippen molar-refractivity contribution >= 4 is 67.6 Å². The molecule has 3 aliphatic heterocycles. The fourth-order valence-electron chi connectivity index (χ4n) is 8.74.